The molecule has 1 N–H and O–H groups in total. The molecule has 2 aliphatic rings. The fraction of sp³-hybridized carbons (Fsp3) is 0.550. The molecule has 4 rings (SSSR count). The van der Waals surface area contributed by atoms with Crippen molar-refractivity contribution in [1.29, 1.82) is 0 Å². The standard InChI is InChI=1S/C20H24FN5O3/c1-11(2)18(28)26-9-13-6-14(24-17(27)15-4-5-22-8-16(15)21)7-20(13,10-26)19-23-12(3)25-29-19/h4-5,8,11,13-14H,6-7,9-10H2,1-3H3,(H,24,27)/t13?,14-,20+/m1/s1. The molecule has 0 spiro atoms. The predicted octanol–water partition coefficient (Wildman–Crippen LogP) is 1.86. The van der Waals surface area contributed by atoms with Gasteiger partial charge in [0.05, 0.1) is 17.2 Å². The van der Waals surface area contributed by atoms with Gasteiger partial charge in [-0.25, -0.2) is 4.39 Å². The first kappa shape index (κ1) is 19.5. The molecular weight excluding hydrogens is 377 g/mol. The molecule has 0 radical (unpaired) electrons. The zero-order chi connectivity index (χ0) is 20.8. The molecule has 9 heteroatoms. The normalized spacial score (nSPS) is 26.0. The Labute approximate surface area is 167 Å². The Morgan fingerprint density at radius 1 is 1.41 bits per heavy atom. The van der Waals surface area contributed by atoms with E-state index in [0.29, 0.717) is 37.6 Å². The van der Waals surface area contributed by atoms with E-state index in [1.165, 1.54) is 12.3 Å². The van der Waals surface area contributed by atoms with Gasteiger partial charge in [-0.15, -0.1) is 0 Å². The minimum absolute atomic E-state index is 0.0312. The van der Waals surface area contributed by atoms with Crippen LogP contribution in [0.5, 0.6) is 0 Å². The summed E-state index contributed by atoms with van der Waals surface area (Å²) in [4.78, 5) is 35.1. The van der Waals surface area contributed by atoms with Gasteiger partial charge in [-0.2, -0.15) is 4.98 Å². The highest BCUT2D eigenvalue weighted by Crippen LogP contribution is 2.50. The lowest BCUT2D eigenvalue weighted by Crippen LogP contribution is -2.40. The van der Waals surface area contributed by atoms with Crippen LogP contribution in [0.4, 0.5) is 4.39 Å². The fourth-order valence-electron chi connectivity index (χ4n) is 4.67. The number of pyridine rings is 1. The number of carbonyl (C=O) groups is 2. The number of amides is 2. The van der Waals surface area contributed by atoms with Crippen LogP contribution in [0.25, 0.3) is 0 Å². The molecule has 2 aromatic heterocycles. The van der Waals surface area contributed by atoms with Gasteiger partial charge in [0.1, 0.15) is 0 Å². The Kier molecular flexibility index (Phi) is 4.84. The van der Waals surface area contributed by atoms with Crippen molar-refractivity contribution in [3.8, 4) is 0 Å². The number of nitrogens with zero attached hydrogens (tertiary/aromatic N) is 4. The topological polar surface area (TPSA) is 101 Å². The molecule has 3 atom stereocenters. The third kappa shape index (κ3) is 3.38. The van der Waals surface area contributed by atoms with Crippen LogP contribution in [-0.2, 0) is 10.2 Å². The first-order chi connectivity index (χ1) is 13.8. The van der Waals surface area contributed by atoms with Crippen LogP contribution >= 0.6 is 0 Å². The van der Waals surface area contributed by atoms with Gasteiger partial charge in [-0.1, -0.05) is 19.0 Å². The van der Waals surface area contributed by atoms with Gasteiger partial charge >= 0.3 is 0 Å². The van der Waals surface area contributed by atoms with Crippen molar-refractivity contribution in [3.63, 3.8) is 0 Å². The number of carbonyl (C=O) groups excluding carboxylic acids is 2. The van der Waals surface area contributed by atoms with Crippen LogP contribution in [-0.4, -0.2) is 51.0 Å². The second kappa shape index (κ2) is 7.20. The van der Waals surface area contributed by atoms with E-state index in [1.54, 1.807) is 6.92 Å². The van der Waals surface area contributed by atoms with Gasteiger partial charge in [-0.3, -0.25) is 14.6 Å². The molecule has 1 unspecified atom stereocenters. The van der Waals surface area contributed by atoms with Gasteiger partial charge in [-0.05, 0) is 31.7 Å². The number of aryl methyl sites for hydroxylation is 1. The molecule has 2 fully saturated rings. The Bertz CT molecular complexity index is 946. The third-order valence-electron chi connectivity index (χ3n) is 5.99. The number of hydrogen-bond acceptors (Lipinski definition) is 6. The van der Waals surface area contributed by atoms with E-state index in [1.807, 2.05) is 18.7 Å². The second-order valence-electron chi connectivity index (χ2n) is 8.34. The number of fused-ring (bicyclic) bond motifs is 1. The average Bonchev–Trinajstić information content (AvgIpc) is 3.33. The number of hydrogen-bond donors (Lipinski definition) is 1. The molecule has 1 saturated heterocycles. The highest BCUT2D eigenvalue weighted by atomic mass is 19.1. The second-order valence-corrected chi connectivity index (χ2v) is 8.34. The number of aromatic nitrogens is 3. The molecule has 2 aromatic rings. The highest BCUT2D eigenvalue weighted by molar-refractivity contribution is 5.94. The zero-order valence-electron chi connectivity index (χ0n) is 16.7. The SMILES string of the molecule is Cc1noc([C@]23C[C@H](NC(=O)c4ccncc4F)CC2CN(C(=O)C(C)C)C3)n1. The molecule has 0 aromatic carbocycles. The molecule has 1 aliphatic heterocycles. The minimum Gasteiger partial charge on any atom is -0.349 e. The number of nitrogens with one attached hydrogen (secondary N) is 1. The van der Waals surface area contributed by atoms with Crippen molar-refractivity contribution in [2.24, 2.45) is 11.8 Å². The molecule has 0 bridgehead atoms. The summed E-state index contributed by atoms with van der Waals surface area (Å²) in [6.07, 6.45) is 3.62. The number of rotatable bonds is 4. The maximum atomic E-state index is 13.9. The third-order valence-corrected chi connectivity index (χ3v) is 5.99. The van der Waals surface area contributed by atoms with Crippen LogP contribution in [0.15, 0.2) is 23.0 Å². The summed E-state index contributed by atoms with van der Waals surface area (Å²) >= 11 is 0. The van der Waals surface area contributed by atoms with Gasteiger partial charge in [0, 0.05) is 31.2 Å². The van der Waals surface area contributed by atoms with E-state index in [-0.39, 0.29) is 29.3 Å². The summed E-state index contributed by atoms with van der Waals surface area (Å²) in [5.74, 6) is -0.00691. The molecule has 1 saturated carbocycles. The van der Waals surface area contributed by atoms with E-state index in [0.717, 1.165) is 6.20 Å². The molecule has 3 heterocycles. The van der Waals surface area contributed by atoms with Crippen molar-refractivity contribution in [2.75, 3.05) is 13.1 Å². The summed E-state index contributed by atoms with van der Waals surface area (Å²) < 4.78 is 19.4. The first-order valence-electron chi connectivity index (χ1n) is 9.80. The zero-order valence-corrected chi connectivity index (χ0v) is 16.7. The highest BCUT2D eigenvalue weighted by Gasteiger charge is 2.58. The van der Waals surface area contributed by atoms with E-state index in [2.05, 4.69) is 20.4 Å². The van der Waals surface area contributed by atoms with Gasteiger partial charge in [0.15, 0.2) is 11.6 Å². The first-order valence-corrected chi connectivity index (χ1v) is 9.80. The Hall–Kier alpha value is -2.84. The molecular formula is C20H24FN5O3. The largest absolute Gasteiger partial charge is 0.349 e. The Balaban J connectivity index is 1.57. The van der Waals surface area contributed by atoms with Crippen LogP contribution in [0.1, 0.15) is 48.8 Å². The van der Waals surface area contributed by atoms with Crippen LogP contribution in [0, 0.1) is 24.6 Å². The van der Waals surface area contributed by atoms with Crippen LogP contribution in [0.3, 0.4) is 0 Å². The van der Waals surface area contributed by atoms with Crippen LogP contribution < -0.4 is 5.32 Å². The van der Waals surface area contributed by atoms with E-state index < -0.39 is 17.1 Å². The number of halogens is 1. The van der Waals surface area contributed by atoms with Crippen molar-refractivity contribution in [1.82, 2.24) is 25.3 Å². The molecule has 1 aliphatic carbocycles. The minimum atomic E-state index is -0.654. The Morgan fingerprint density at radius 3 is 2.86 bits per heavy atom. The Morgan fingerprint density at radius 2 is 2.21 bits per heavy atom. The summed E-state index contributed by atoms with van der Waals surface area (Å²) in [5, 5.41) is 6.87. The predicted molar refractivity (Wildman–Crippen MR) is 100 cm³/mol. The molecule has 8 nitrogen and oxygen atoms in total. The smallest absolute Gasteiger partial charge is 0.254 e. The lowest BCUT2D eigenvalue weighted by atomic mass is 9.80. The summed E-state index contributed by atoms with van der Waals surface area (Å²) in [7, 11) is 0. The monoisotopic (exact) mass is 401 g/mol. The lowest BCUT2D eigenvalue weighted by molar-refractivity contribution is -0.133. The maximum absolute atomic E-state index is 13.9. The summed E-state index contributed by atoms with van der Waals surface area (Å²) in [6.45, 7) is 6.57. The molecule has 29 heavy (non-hydrogen) atoms. The van der Waals surface area contributed by atoms with Gasteiger partial charge < -0.3 is 14.7 Å². The number of likely N-dealkylation sites (tertiary alicyclic amines) is 1. The van der Waals surface area contributed by atoms with Crippen molar-refractivity contribution >= 4 is 11.8 Å². The summed E-state index contributed by atoms with van der Waals surface area (Å²) in [5.41, 5.74) is -0.531. The van der Waals surface area contributed by atoms with E-state index in [9.17, 15) is 14.0 Å². The van der Waals surface area contributed by atoms with Gasteiger partial charge in [0.2, 0.25) is 11.8 Å². The lowest BCUT2D eigenvalue weighted by Gasteiger charge is -2.26. The van der Waals surface area contributed by atoms with Crippen LogP contribution in [0.2, 0.25) is 0 Å². The average molecular weight is 401 g/mol. The maximum Gasteiger partial charge on any atom is 0.254 e. The fourth-order valence-corrected chi connectivity index (χ4v) is 4.67. The van der Waals surface area contributed by atoms with Crippen molar-refractivity contribution < 1.29 is 18.5 Å². The summed E-state index contributed by atoms with van der Waals surface area (Å²) in [6, 6.07) is 1.18. The van der Waals surface area contributed by atoms with E-state index in [4.69, 9.17) is 4.52 Å². The van der Waals surface area contributed by atoms with Gasteiger partial charge in [0.25, 0.3) is 5.91 Å². The molecule has 154 valence electrons. The van der Waals surface area contributed by atoms with Crippen molar-refractivity contribution in [3.05, 3.63) is 41.6 Å². The van der Waals surface area contributed by atoms with E-state index >= 15 is 0 Å². The molecule has 2 amide bonds. The quantitative estimate of drug-likeness (QED) is 0.839. The van der Waals surface area contributed by atoms with Crippen molar-refractivity contribution in [2.45, 2.75) is 45.1 Å².